The fourth-order valence-corrected chi connectivity index (χ4v) is 2.63. The second-order valence-electron chi connectivity index (χ2n) is 5.50. The van der Waals surface area contributed by atoms with Gasteiger partial charge in [-0.25, -0.2) is 0 Å². The first-order valence-electron chi connectivity index (χ1n) is 7.85. The summed E-state index contributed by atoms with van der Waals surface area (Å²) in [5.41, 5.74) is 10.1. The average Bonchev–Trinajstić information content (AvgIpc) is 2.57. The van der Waals surface area contributed by atoms with Gasteiger partial charge in [0, 0.05) is 13.5 Å². The summed E-state index contributed by atoms with van der Waals surface area (Å²) in [7, 11) is 1.75. The molecule has 0 aromatic heterocycles. The summed E-state index contributed by atoms with van der Waals surface area (Å²) < 4.78 is 0. The van der Waals surface area contributed by atoms with Gasteiger partial charge in [-0.05, 0) is 59.9 Å². The van der Waals surface area contributed by atoms with Gasteiger partial charge in [-0.15, -0.1) is 0 Å². The Morgan fingerprint density at radius 3 is 2.67 bits per heavy atom. The molecule has 3 N–H and O–H groups in total. The lowest BCUT2D eigenvalue weighted by molar-refractivity contribution is -0.117. The molecule has 0 saturated heterocycles. The van der Waals surface area contributed by atoms with Crippen LogP contribution in [0.15, 0.2) is 59.6 Å². The minimum absolute atomic E-state index is 0.210. The number of hydrogen-bond acceptors (Lipinski definition) is 3. The van der Waals surface area contributed by atoms with Crippen molar-refractivity contribution >= 4 is 11.6 Å². The number of benzene rings is 2. The first kappa shape index (κ1) is 17.5. The van der Waals surface area contributed by atoms with Crippen LogP contribution >= 0.6 is 0 Å². The molecular weight excluding hydrogens is 300 g/mol. The van der Waals surface area contributed by atoms with E-state index in [0.717, 1.165) is 28.0 Å². The van der Waals surface area contributed by atoms with Crippen LogP contribution in [-0.2, 0) is 11.2 Å². The Morgan fingerprint density at radius 2 is 2.04 bits per heavy atom. The number of aliphatic imine (C=N–C) groups is 1. The van der Waals surface area contributed by atoms with Gasteiger partial charge in [0.05, 0.1) is 5.71 Å². The SMILES string of the molecule is C/C=C\C(=NC)c1ccc(-c2cccc(O)c2)c(CCC(N)=O)c1. The molecule has 24 heavy (non-hydrogen) atoms. The molecule has 0 aliphatic heterocycles. The van der Waals surface area contributed by atoms with Crippen LogP contribution in [0.1, 0.15) is 24.5 Å². The maximum atomic E-state index is 11.2. The van der Waals surface area contributed by atoms with Gasteiger partial charge in [0.15, 0.2) is 0 Å². The summed E-state index contributed by atoms with van der Waals surface area (Å²) in [5.74, 6) is -0.123. The van der Waals surface area contributed by atoms with E-state index in [2.05, 4.69) is 4.99 Å². The van der Waals surface area contributed by atoms with E-state index in [9.17, 15) is 9.90 Å². The highest BCUT2D eigenvalue weighted by Gasteiger charge is 2.10. The Kier molecular flexibility index (Phi) is 5.90. The summed E-state index contributed by atoms with van der Waals surface area (Å²) >= 11 is 0. The van der Waals surface area contributed by atoms with Gasteiger partial charge in [0.2, 0.25) is 5.91 Å². The van der Waals surface area contributed by atoms with Gasteiger partial charge in [-0.1, -0.05) is 30.3 Å². The largest absolute Gasteiger partial charge is 0.508 e. The molecule has 0 fully saturated rings. The molecule has 2 aromatic rings. The van der Waals surface area contributed by atoms with E-state index in [4.69, 9.17) is 5.73 Å². The zero-order valence-corrected chi connectivity index (χ0v) is 14.0. The number of nitrogens with zero attached hydrogens (tertiary/aromatic N) is 1. The second-order valence-corrected chi connectivity index (χ2v) is 5.50. The lowest BCUT2D eigenvalue weighted by Gasteiger charge is -2.12. The van der Waals surface area contributed by atoms with Crippen molar-refractivity contribution in [1.29, 1.82) is 0 Å². The van der Waals surface area contributed by atoms with E-state index >= 15 is 0 Å². The van der Waals surface area contributed by atoms with Gasteiger partial charge < -0.3 is 10.8 Å². The van der Waals surface area contributed by atoms with Crippen molar-refractivity contribution in [1.82, 2.24) is 0 Å². The van der Waals surface area contributed by atoms with Crippen molar-refractivity contribution in [2.45, 2.75) is 19.8 Å². The van der Waals surface area contributed by atoms with E-state index < -0.39 is 0 Å². The number of carbonyl (C=O) groups excluding carboxylic acids is 1. The third-order valence-corrected chi connectivity index (χ3v) is 3.76. The van der Waals surface area contributed by atoms with Crippen LogP contribution in [0.3, 0.4) is 0 Å². The molecule has 0 aliphatic carbocycles. The van der Waals surface area contributed by atoms with E-state index in [1.54, 1.807) is 25.2 Å². The minimum Gasteiger partial charge on any atom is -0.508 e. The molecule has 2 aromatic carbocycles. The molecule has 4 nitrogen and oxygen atoms in total. The molecule has 0 heterocycles. The lowest BCUT2D eigenvalue weighted by Crippen LogP contribution is -2.12. The number of rotatable bonds is 6. The van der Waals surface area contributed by atoms with E-state index in [0.29, 0.717) is 6.42 Å². The molecule has 0 saturated carbocycles. The number of aryl methyl sites for hydroxylation is 1. The van der Waals surface area contributed by atoms with Crippen LogP contribution < -0.4 is 5.73 Å². The number of allylic oxidation sites excluding steroid dienone is 2. The van der Waals surface area contributed by atoms with E-state index in [-0.39, 0.29) is 18.1 Å². The van der Waals surface area contributed by atoms with Crippen molar-refractivity contribution < 1.29 is 9.90 Å². The van der Waals surface area contributed by atoms with Gasteiger partial charge in [-0.2, -0.15) is 0 Å². The van der Waals surface area contributed by atoms with Crippen molar-refractivity contribution in [2.75, 3.05) is 7.05 Å². The third kappa shape index (κ3) is 4.32. The standard InChI is InChI=1S/C20H22N2O2/c1-3-5-19(22-2)16-8-10-18(14-6-4-7-17(23)13-14)15(12-16)9-11-20(21)24/h3-8,10,12-13,23H,9,11H2,1-2H3,(H2,21,24)/b5-3-,22-19?. The molecule has 0 bridgehead atoms. The Bertz CT molecular complexity index is 792. The second kappa shape index (κ2) is 8.11. The highest BCUT2D eigenvalue weighted by Crippen LogP contribution is 2.28. The number of phenolic OH excluding ortho intramolecular Hbond substituents is 1. The fraction of sp³-hybridized carbons (Fsp3) is 0.200. The van der Waals surface area contributed by atoms with Crippen LogP contribution in [0.4, 0.5) is 0 Å². The lowest BCUT2D eigenvalue weighted by atomic mass is 9.93. The Morgan fingerprint density at radius 1 is 1.25 bits per heavy atom. The molecule has 2 rings (SSSR count). The summed E-state index contributed by atoms with van der Waals surface area (Å²) in [6.07, 6.45) is 4.70. The average molecular weight is 322 g/mol. The Labute approximate surface area is 142 Å². The predicted molar refractivity (Wildman–Crippen MR) is 98.3 cm³/mol. The predicted octanol–water partition coefficient (Wildman–Crippen LogP) is 3.47. The normalized spacial score (nSPS) is 11.8. The monoisotopic (exact) mass is 322 g/mol. The maximum absolute atomic E-state index is 11.2. The van der Waals surface area contributed by atoms with Crippen molar-refractivity contribution in [3.63, 3.8) is 0 Å². The number of carbonyl (C=O) groups is 1. The fourth-order valence-electron chi connectivity index (χ4n) is 2.63. The zero-order valence-electron chi connectivity index (χ0n) is 14.0. The number of phenols is 1. The van der Waals surface area contributed by atoms with Gasteiger partial charge >= 0.3 is 0 Å². The van der Waals surface area contributed by atoms with E-state index in [1.807, 2.05) is 43.3 Å². The van der Waals surface area contributed by atoms with Crippen LogP contribution in [0.2, 0.25) is 0 Å². The van der Waals surface area contributed by atoms with Crippen LogP contribution in [0, 0.1) is 0 Å². The van der Waals surface area contributed by atoms with Gasteiger partial charge in [0.25, 0.3) is 0 Å². The molecule has 0 radical (unpaired) electrons. The molecule has 4 heteroatoms. The number of amides is 1. The maximum Gasteiger partial charge on any atom is 0.217 e. The van der Waals surface area contributed by atoms with Crippen molar-refractivity contribution in [3.8, 4) is 16.9 Å². The summed E-state index contributed by atoms with van der Waals surface area (Å²) in [6, 6.07) is 13.1. The number of primary amides is 1. The third-order valence-electron chi connectivity index (χ3n) is 3.76. The molecule has 0 atom stereocenters. The highest BCUT2D eigenvalue weighted by molar-refractivity contribution is 6.09. The summed E-state index contributed by atoms with van der Waals surface area (Å²) in [4.78, 5) is 15.5. The van der Waals surface area contributed by atoms with Gasteiger partial charge in [-0.3, -0.25) is 9.79 Å². The number of nitrogens with two attached hydrogens (primary N) is 1. The number of hydrogen-bond donors (Lipinski definition) is 2. The highest BCUT2D eigenvalue weighted by atomic mass is 16.3. The Balaban J connectivity index is 2.52. The van der Waals surface area contributed by atoms with Crippen molar-refractivity contribution in [3.05, 3.63) is 65.7 Å². The van der Waals surface area contributed by atoms with Crippen LogP contribution in [0.25, 0.3) is 11.1 Å². The molecule has 0 unspecified atom stereocenters. The zero-order chi connectivity index (χ0) is 17.5. The minimum atomic E-state index is -0.333. The molecule has 1 amide bonds. The molecule has 0 aliphatic rings. The quantitative estimate of drug-likeness (QED) is 0.799. The topological polar surface area (TPSA) is 75.7 Å². The smallest absolute Gasteiger partial charge is 0.217 e. The van der Waals surface area contributed by atoms with E-state index in [1.165, 1.54) is 0 Å². The first-order valence-corrected chi connectivity index (χ1v) is 7.85. The molecule has 0 spiro atoms. The van der Waals surface area contributed by atoms with Crippen LogP contribution in [0.5, 0.6) is 5.75 Å². The van der Waals surface area contributed by atoms with Gasteiger partial charge in [0.1, 0.15) is 5.75 Å². The first-order chi connectivity index (χ1) is 11.5. The molecular formula is C20H22N2O2. The van der Waals surface area contributed by atoms with Crippen LogP contribution in [-0.4, -0.2) is 23.8 Å². The number of aromatic hydroxyl groups is 1. The Hall–Kier alpha value is -2.88. The summed E-state index contributed by atoms with van der Waals surface area (Å²) in [6.45, 7) is 1.94. The van der Waals surface area contributed by atoms with Crippen molar-refractivity contribution in [2.24, 2.45) is 10.7 Å². The molecule has 124 valence electrons. The summed E-state index contributed by atoms with van der Waals surface area (Å²) in [5, 5.41) is 9.73.